The Morgan fingerprint density at radius 3 is 2.88 bits per heavy atom. The molecule has 88 valence electrons. The maximum absolute atomic E-state index is 11.7. The van der Waals surface area contributed by atoms with Crippen LogP contribution < -0.4 is 11.1 Å². The lowest BCUT2D eigenvalue weighted by Gasteiger charge is -2.07. The van der Waals surface area contributed by atoms with E-state index in [1.807, 2.05) is 13.0 Å². The van der Waals surface area contributed by atoms with Crippen LogP contribution in [0.1, 0.15) is 16.1 Å². The van der Waals surface area contributed by atoms with E-state index in [0.717, 1.165) is 5.56 Å². The first-order chi connectivity index (χ1) is 8.09. The first-order valence-corrected chi connectivity index (χ1v) is 5.12. The number of rotatable bonds is 2. The molecule has 1 aromatic carbocycles. The summed E-state index contributed by atoms with van der Waals surface area (Å²) in [5.74, 6) is -0.581. The molecule has 2 aromatic rings. The predicted octanol–water partition coefficient (Wildman–Crippen LogP) is 1.87. The van der Waals surface area contributed by atoms with Crippen LogP contribution in [-0.2, 0) is 0 Å². The number of aryl methyl sites for hydroxylation is 1. The number of carbonyl (C=O) groups excluding carboxylic acids is 1. The number of hydrogen-bond acceptors (Lipinski definition) is 5. The van der Waals surface area contributed by atoms with Gasteiger partial charge in [0.25, 0.3) is 5.91 Å². The summed E-state index contributed by atoms with van der Waals surface area (Å²) < 4.78 is 4.34. The van der Waals surface area contributed by atoms with Crippen molar-refractivity contribution in [2.75, 3.05) is 11.1 Å². The van der Waals surface area contributed by atoms with E-state index in [0.29, 0.717) is 10.7 Å². The highest BCUT2D eigenvalue weighted by molar-refractivity contribution is 6.34. The van der Waals surface area contributed by atoms with Gasteiger partial charge in [-0.1, -0.05) is 23.7 Å². The minimum atomic E-state index is -0.517. The minimum Gasteiger partial charge on any atom is -0.379 e. The molecule has 0 saturated heterocycles. The monoisotopic (exact) mass is 252 g/mol. The molecule has 0 aliphatic rings. The molecule has 1 amide bonds. The number of nitrogen functional groups attached to an aromatic ring is 1. The first-order valence-electron chi connectivity index (χ1n) is 4.74. The summed E-state index contributed by atoms with van der Waals surface area (Å²) in [4.78, 5) is 11.7. The van der Waals surface area contributed by atoms with Crippen LogP contribution in [-0.4, -0.2) is 16.2 Å². The standard InChI is InChI=1S/C10H9ClN4O2/c1-5-3-2-4-6(7(5)11)13-10(16)8-9(12)15-17-14-8/h2-4H,1H3,(H2,12,15)(H,13,16). The second-order valence-corrected chi connectivity index (χ2v) is 3.77. The van der Waals surface area contributed by atoms with Gasteiger partial charge in [-0.3, -0.25) is 4.79 Å². The van der Waals surface area contributed by atoms with Crippen LogP contribution in [0.4, 0.5) is 11.5 Å². The SMILES string of the molecule is Cc1cccc(NC(=O)c2nonc2N)c1Cl. The van der Waals surface area contributed by atoms with Crippen molar-refractivity contribution < 1.29 is 9.42 Å². The number of hydrogen-bond donors (Lipinski definition) is 2. The lowest BCUT2D eigenvalue weighted by molar-refractivity contribution is 0.101. The van der Waals surface area contributed by atoms with Crippen LogP contribution in [0, 0.1) is 6.92 Å². The van der Waals surface area contributed by atoms with Gasteiger partial charge in [-0.15, -0.1) is 0 Å². The van der Waals surface area contributed by atoms with Crippen LogP contribution in [0.15, 0.2) is 22.8 Å². The van der Waals surface area contributed by atoms with Crippen molar-refractivity contribution in [3.05, 3.63) is 34.5 Å². The number of anilines is 2. The molecule has 0 unspecified atom stereocenters. The predicted molar refractivity (Wildman–Crippen MR) is 62.9 cm³/mol. The first kappa shape index (κ1) is 11.4. The molecule has 0 aliphatic carbocycles. The largest absolute Gasteiger partial charge is 0.379 e. The molecule has 1 aromatic heterocycles. The Morgan fingerprint density at radius 2 is 2.24 bits per heavy atom. The highest BCUT2D eigenvalue weighted by Gasteiger charge is 2.17. The van der Waals surface area contributed by atoms with E-state index in [-0.39, 0.29) is 11.5 Å². The van der Waals surface area contributed by atoms with Gasteiger partial charge in [0.15, 0.2) is 0 Å². The van der Waals surface area contributed by atoms with Crippen molar-refractivity contribution in [2.45, 2.75) is 6.92 Å². The Bertz CT molecular complexity index is 567. The minimum absolute atomic E-state index is 0.0636. The smallest absolute Gasteiger partial charge is 0.281 e. The number of carbonyl (C=O) groups is 1. The number of nitrogens with zero attached hydrogens (tertiary/aromatic N) is 2. The maximum Gasteiger partial charge on any atom is 0.281 e. The second-order valence-electron chi connectivity index (χ2n) is 3.39. The third kappa shape index (κ3) is 2.21. The Balaban J connectivity index is 2.25. The molecule has 3 N–H and O–H groups in total. The van der Waals surface area contributed by atoms with Crippen LogP contribution in [0.25, 0.3) is 0 Å². The van der Waals surface area contributed by atoms with Gasteiger partial charge in [0.1, 0.15) is 0 Å². The summed E-state index contributed by atoms with van der Waals surface area (Å²) in [6, 6.07) is 5.29. The highest BCUT2D eigenvalue weighted by atomic mass is 35.5. The molecule has 6 nitrogen and oxygen atoms in total. The van der Waals surface area contributed by atoms with Crippen molar-refractivity contribution in [1.82, 2.24) is 10.3 Å². The zero-order chi connectivity index (χ0) is 12.4. The van der Waals surface area contributed by atoms with Crippen molar-refractivity contribution in [3.63, 3.8) is 0 Å². The van der Waals surface area contributed by atoms with Crippen LogP contribution in [0.3, 0.4) is 0 Å². The number of nitrogens with two attached hydrogens (primary N) is 1. The molecule has 0 radical (unpaired) electrons. The van der Waals surface area contributed by atoms with E-state index in [4.69, 9.17) is 17.3 Å². The van der Waals surface area contributed by atoms with E-state index in [9.17, 15) is 4.79 Å². The molecule has 7 heteroatoms. The maximum atomic E-state index is 11.7. The van der Waals surface area contributed by atoms with Gasteiger partial charge in [-0.25, -0.2) is 4.63 Å². The lowest BCUT2D eigenvalue weighted by atomic mass is 10.2. The summed E-state index contributed by atoms with van der Waals surface area (Å²) in [6.07, 6.45) is 0. The zero-order valence-corrected chi connectivity index (χ0v) is 9.65. The third-order valence-electron chi connectivity index (χ3n) is 2.17. The normalized spacial score (nSPS) is 10.2. The van der Waals surface area contributed by atoms with Crippen LogP contribution in [0.5, 0.6) is 0 Å². The fraction of sp³-hybridized carbons (Fsp3) is 0.100. The van der Waals surface area contributed by atoms with Crippen LogP contribution in [0.2, 0.25) is 5.02 Å². The van der Waals surface area contributed by atoms with Gasteiger partial charge < -0.3 is 11.1 Å². The van der Waals surface area contributed by atoms with Gasteiger partial charge in [-0.2, -0.15) is 0 Å². The van der Waals surface area contributed by atoms with E-state index < -0.39 is 5.91 Å². The Labute approximate surface area is 102 Å². The number of nitrogens with one attached hydrogen (secondary N) is 1. The van der Waals surface area contributed by atoms with Gasteiger partial charge in [-0.05, 0) is 28.9 Å². The number of aromatic nitrogens is 2. The van der Waals surface area contributed by atoms with Crippen molar-refractivity contribution >= 4 is 29.0 Å². The van der Waals surface area contributed by atoms with E-state index >= 15 is 0 Å². The van der Waals surface area contributed by atoms with Crippen LogP contribution >= 0.6 is 11.6 Å². The topological polar surface area (TPSA) is 94.0 Å². The molecule has 0 spiro atoms. The fourth-order valence-corrected chi connectivity index (χ4v) is 1.45. The Hall–Kier alpha value is -2.08. The Morgan fingerprint density at radius 1 is 1.47 bits per heavy atom. The zero-order valence-electron chi connectivity index (χ0n) is 8.90. The molecule has 1 heterocycles. The highest BCUT2D eigenvalue weighted by Crippen LogP contribution is 2.25. The summed E-state index contributed by atoms with van der Waals surface area (Å²) in [7, 11) is 0. The molecular weight excluding hydrogens is 244 g/mol. The average molecular weight is 253 g/mol. The average Bonchev–Trinajstić information content (AvgIpc) is 2.71. The van der Waals surface area contributed by atoms with Crippen molar-refractivity contribution in [3.8, 4) is 0 Å². The van der Waals surface area contributed by atoms with Gasteiger partial charge in [0.05, 0.1) is 10.7 Å². The molecule has 17 heavy (non-hydrogen) atoms. The molecule has 0 bridgehead atoms. The number of benzene rings is 1. The van der Waals surface area contributed by atoms with E-state index in [1.165, 1.54) is 0 Å². The summed E-state index contributed by atoms with van der Waals surface area (Å²) in [5, 5.41) is 9.76. The molecule has 0 fully saturated rings. The molecular formula is C10H9ClN4O2. The van der Waals surface area contributed by atoms with Crippen molar-refractivity contribution in [2.24, 2.45) is 0 Å². The van der Waals surface area contributed by atoms with Gasteiger partial charge >= 0.3 is 0 Å². The van der Waals surface area contributed by atoms with Crippen molar-refractivity contribution in [1.29, 1.82) is 0 Å². The summed E-state index contributed by atoms with van der Waals surface area (Å²) in [5.41, 5.74) is 6.68. The molecule has 0 aliphatic heterocycles. The number of halogens is 1. The third-order valence-corrected chi connectivity index (χ3v) is 2.67. The summed E-state index contributed by atoms with van der Waals surface area (Å²) in [6.45, 7) is 1.84. The second kappa shape index (κ2) is 4.42. The molecule has 0 atom stereocenters. The number of amides is 1. The van der Waals surface area contributed by atoms with Gasteiger partial charge in [0.2, 0.25) is 11.5 Å². The van der Waals surface area contributed by atoms with E-state index in [2.05, 4.69) is 20.3 Å². The fourth-order valence-electron chi connectivity index (χ4n) is 1.28. The quantitative estimate of drug-likeness (QED) is 0.851. The summed E-state index contributed by atoms with van der Waals surface area (Å²) >= 11 is 6.03. The van der Waals surface area contributed by atoms with E-state index in [1.54, 1.807) is 12.1 Å². The Kier molecular flexibility index (Phi) is 2.97. The van der Waals surface area contributed by atoms with Gasteiger partial charge in [0, 0.05) is 0 Å². The lowest BCUT2D eigenvalue weighted by Crippen LogP contribution is -2.14. The molecule has 2 rings (SSSR count). The molecule has 0 saturated carbocycles.